The molecule has 5 nitrogen and oxygen atoms in total. The molecule has 0 spiro atoms. The second-order valence-electron chi connectivity index (χ2n) is 6.43. The minimum absolute atomic E-state index is 0.204. The first-order valence-corrected chi connectivity index (χ1v) is 7.19. The van der Waals surface area contributed by atoms with Crippen LogP contribution in [0.2, 0.25) is 0 Å². The highest BCUT2D eigenvalue weighted by molar-refractivity contribution is 5.85. The minimum atomic E-state index is -0.509. The van der Waals surface area contributed by atoms with Gasteiger partial charge in [-0.3, -0.25) is 4.79 Å². The van der Waals surface area contributed by atoms with Crippen LogP contribution >= 0.6 is 0 Å². The summed E-state index contributed by atoms with van der Waals surface area (Å²) in [5, 5.41) is 3.39. The lowest BCUT2D eigenvalue weighted by Gasteiger charge is -2.31. The number of nitrogens with one attached hydrogen (secondary N) is 1. The fourth-order valence-electron chi connectivity index (χ4n) is 2.91. The molecule has 0 aliphatic heterocycles. The fourth-order valence-corrected chi connectivity index (χ4v) is 2.91. The summed E-state index contributed by atoms with van der Waals surface area (Å²) in [6, 6.07) is 0.719. The molecule has 1 saturated carbocycles. The van der Waals surface area contributed by atoms with Crippen LogP contribution in [0.3, 0.4) is 0 Å². The van der Waals surface area contributed by atoms with E-state index in [1.165, 1.54) is 0 Å². The molecule has 1 aliphatic carbocycles. The van der Waals surface area contributed by atoms with Crippen molar-refractivity contribution >= 4 is 5.91 Å². The first kappa shape index (κ1) is 16.4. The molecule has 1 rings (SSSR count). The van der Waals surface area contributed by atoms with Gasteiger partial charge >= 0.3 is 0 Å². The second-order valence-corrected chi connectivity index (χ2v) is 6.43. The van der Waals surface area contributed by atoms with Crippen LogP contribution < -0.4 is 11.1 Å². The molecule has 1 fully saturated rings. The van der Waals surface area contributed by atoms with Crippen molar-refractivity contribution in [3.63, 3.8) is 0 Å². The van der Waals surface area contributed by atoms with E-state index in [-0.39, 0.29) is 11.9 Å². The summed E-state index contributed by atoms with van der Waals surface area (Å²) in [7, 11) is 6.30. The van der Waals surface area contributed by atoms with Crippen LogP contribution in [0, 0.1) is 0 Å². The van der Waals surface area contributed by atoms with E-state index in [9.17, 15) is 4.79 Å². The van der Waals surface area contributed by atoms with Crippen molar-refractivity contribution in [2.45, 2.75) is 50.7 Å². The van der Waals surface area contributed by atoms with E-state index in [1.807, 2.05) is 0 Å². The van der Waals surface area contributed by atoms with Crippen LogP contribution in [0.4, 0.5) is 0 Å². The maximum Gasteiger partial charge on any atom is 0.237 e. The number of nitrogens with two attached hydrogens (primary N) is 1. The number of likely N-dealkylation sites (N-methyl/N-ethyl adjacent to an activating group) is 2. The van der Waals surface area contributed by atoms with Crippen LogP contribution in [-0.2, 0) is 4.79 Å². The van der Waals surface area contributed by atoms with E-state index in [2.05, 4.69) is 50.1 Å². The summed E-state index contributed by atoms with van der Waals surface area (Å²) >= 11 is 0. The highest BCUT2D eigenvalue weighted by Gasteiger charge is 2.45. The third kappa shape index (κ3) is 4.44. The first-order chi connectivity index (χ1) is 8.77. The van der Waals surface area contributed by atoms with Crippen molar-refractivity contribution in [2.75, 3.05) is 34.2 Å². The van der Waals surface area contributed by atoms with E-state index in [4.69, 9.17) is 5.73 Å². The summed E-state index contributed by atoms with van der Waals surface area (Å²) in [5.74, 6) is -0.204. The fraction of sp³-hybridized carbons (Fsp3) is 0.929. The molecular weight excluding hydrogens is 240 g/mol. The van der Waals surface area contributed by atoms with E-state index in [1.54, 1.807) is 0 Å². The molecule has 3 N–H and O–H groups in total. The molecule has 1 aliphatic rings. The average molecular weight is 270 g/mol. The van der Waals surface area contributed by atoms with Gasteiger partial charge in [0.15, 0.2) is 0 Å². The Labute approximate surface area is 117 Å². The summed E-state index contributed by atoms with van der Waals surface area (Å²) in [6.07, 6.45) is 2.70. The molecular formula is C14H30N4O. The van der Waals surface area contributed by atoms with E-state index in [0.29, 0.717) is 6.04 Å². The van der Waals surface area contributed by atoms with Crippen LogP contribution in [0.5, 0.6) is 0 Å². The first-order valence-electron chi connectivity index (χ1n) is 7.19. The summed E-state index contributed by atoms with van der Waals surface area (Å²) in [5.41, 5.74) is 5.13. The molecule has 2 unspecified atom stereocenters. The van der Waals surface area contributed by atoms with Crippen molar-refractivity contribution in [1.29, 1.82) is 0 Å². The van der Waals surface area contributed by atoms with Gasteiger partial charge < -0.3 is 20.9 Å². The van der Waals surface area contributed by atoms with Crippen molar-refractivity contribution < 1.29 is 4.79 Å². The number of carbonyl (C=O) groups excluding carboxylic acids is 1. The number of rotatable bonds is 7. The highest BCUT2D eigenvalue weighted by Crippen LogP contribution is 2.33. The number of hydrogen-bond acceptors (Lipinski definition) is 4. The summed E-state index contributed by atoms with van der Waals surface area (Å²) in [6.45, 7) is 6.18. The summed E-state index contributed by atoms with van der Waals surface area (Å²) < 4.78 is 0. The lowest BCUT2D eigenvalue weighted by molar-refractivity contribution is -0.124. The lowest BCUT2D eigenvalue weighted by atomic mass is 9.95. The largest absolute Gasteiger partial charge is 0.368 e. The lowest BCUT2D eigenvalue weighted by Crippen LogP contribution is -2.56. The Balaban J connectivity index is 2.60. The van der Waals surface area contributed by atoms with Gasteiger partial charge in [-0.1, -0.05) is 0 Å². The third-order valence-corrected chi connectivity index (χ3v) is 4.05. The Morgan fingerprint density at radius 2 is 2.00 bits per heavy atom. The van der Waals surface area contributed by atoms with Gasteiger partial charge in [-0.2, -0.15) is 0 Å². The van der Waals surface area contributed by atoms with Gasteiger partial charge in [-0.05, 0) is 54.3 Å². The number of hydrogen-bond donors (Lipinski definition) is 2. The molecule has 112 valence electrons. The molecule has 0 aromatic heterocycles. The van der Waals surface area contributed by atoms with Crippen LogP contribution in [0.15, 0.2) is 0 Å². The monoisotopic (exact) mass is 270 g/mol. The van der Waals surface area contributed by atoms with Gasteiger partial charge in [0.2, 0.25) is 5.91 Å². The molecule has 0 radical (unpaired) electrons. The van der Waals surface area contributed by atoms with Gasteiger partial charge in [0, 0.05) is 25.2 Å². The third-order valence-electron chi connectivity index (χ3n) is 4.05. The maximum absolute atomic E-state index is 11.8. The number of amides is 1. The topological polar surface area (TPSA) is 61.6 Å². The number of nitrogens with zero attached hydrogens (tertiary/aromatic N) is 2. The van der Waals surface area contributed by atoms with Crippen LogP contribution in [-0.4, -0.2) is 67.6 Å². The normalized spacial score (nSPS) is 27.7. The summed E-state index contributed by atoms with van der Waals surface area (Å²) in [4.78, 5) is 16.4. The average Bonchev–Trinajstić information content (AvgIpc) is 2.70. The highest BCUT2D eigenvalue weighted by atomic mass is 16.1. The van der Waals surface area contributed by atoms with Crippen LogP contribution in [0.1, 0.15) is 33.1 Å². The predicted octanol–water partition coefficient (Wildman–Crippen LogP) is 0.254. The van der Waals surface area contributed by atoms with E-state index < -0.39 is 5.54 Å². The zero-order valence-electron chi connectivity index (χ0n) is 13.1. The number of primary amides is 1. The minimum Gasteiger partial charge on any atom is -0.368 e. The molecule has 19 heavy (non-hydrogen) atoms. The van der Waals surface area contributed by atoms with E-state index in [0.717, 1.165) is 32.4 Å². The Kier molecular flexibility index (Phi) is 5.77. The van der Waals surface area contributed by atoms with Crippen molar-refractivity contribution in [1.82, 2.24) is 15.1 Å². The second kappa shape index (κ2) is 6.68. The van der Waals surface area contributed by atoms with Crippen molar-refractivity contribution in [3.8, 4) is 0 Å². The molecule has 0 aromatic carbocycles. The standard InChI is InChI=1S/C14H30N4O/c1-11(2)16-14(13(15)19)7-6-12(10-14)18(5)9-8-17(3)4/h11-12,16H,6-10H2,1-5H3,(H2,15,19). The molecule has 0 aromatic rings. The quantitative estimate of drug-likeness (QED) is 0.696. The van der Waals surface area contributed by atoms with Gasteiger partial charge in [-0.15, -0.1) is 0 Å². The van der Waals surface area contributed by atoms with Gasteiger partial charge in [0.1, 0.15) is 0 Å². The van der Waals surface area contributed by atoms with Crippen molar-refractivity contribution in [3.05, 3.63) is 0 Å². The van der Waals surface area contributed by atoms with Gasteiger partial charge in [0.25, 0.3) is 0 Å². The van der Waals surface area contributed by atoms with E-state index >= 15 is 0 Å². The SMILES string of the molecule is CC(C)NC1(C(N)=O)CCC(N(C)CCN(C)C)C1. The molecule has 0 bridgehead atoms. The van der Waals surface area contributed by atoms with Crippen LogP contribution in [0.25, 0.3) is 0 Å². The molecule has 0 heterocycles. The molecule has 1 amide bonds. The smallest absolute Gasteiger partial charge is 0.237 e. The Hall–Kier alpha value is -0.650. The Morgan fingerprint density at radius 3 is 2.47 bits per heavy atom. The Bertz CT molecular complexity index is 306. The zero-order valence-corrected chi connectivity index (χ0v) is 13.1. The zero-order chi connectivity index (χ0) is 14.6. The van der Waals surface area contributed by atoms with Crippen molar-refractivity contribution in [2.24, 2.45) is 5.73 Å². The maximum atomic E-state index is 11.8. The number of carbonyl (C=O) groups is 1. The van der Waals surface area contributed by atoms with Gasteiger partial charge in [-0.25, -0.2) is 0 Å². The molecule has 0 saturated heterocycles. The molecule has 2 atom stereocenters. The van der Waals surface area contributed by atoms with Gasteiger partial charge in [0.05, 0.1) is 5.54 Å². The predicted molar refractivity (Wildman–Crippen MR) is 79.0 cm³/mol. The Morgan fingerprint density at radius 1 is 1.37 bits per heavy atom. The molecule has 5 heteroatoms.